The Kier molecular flexibility index (Phi) is 4.58. The van der Waals surface area contributed by atoms with Crippen LogP contribution in [0.2, 0.25) is 5.02 Å². The number of aliphatic hydroxyl groups is 1. The van der Waals surface area contributed by atoms with Gasteiger partial charge in [0.05, 0.1) is 6.10 Å². The molecule has 0 radical (unpaired) electrons. The number of nitrogens with one attached hydrogen (secondary N) is 1. The molecule has 0 aliphatic heterocycles. The molecule has 1 unspecified atom stereocenters. The van der Waals surface area contributed by atoms with Gasteiger partial charge in [-0.1, -0.05) is 18.5 Å². The molecule has 0 saturated heterocycles. The van der Waals surface area contributed by atoms with Gasteiger partial charge in [0.1, 0.15) is 23.0 Å². The highest BCUT2D eigenvalue weighted by Crippen LogP contribution is 2.22. The average Bonchev–Trinajstić information content (AvgIpc) is 2.24. The summed E-state index contributed by atoms with van der Waals surface area (Å²) in [6.07, 6.45) is 2.44. The Morgan fingerprint density at radius 2 is 2.33 bits per heavy atom. The number of aliphatic hydroxyl groups excluding tert-OH is 1. The number of nitrogens with two attached hydrogens (primary N) is 1. The lowest BCUT2D eigenvalue weighted by molar-refractivity contribution is 0.164. The van der Waals surface area contributed by atoms with E-state index in [4.69, 9.17) is 17.3 Å². The molecule has 0 fully saturated rings. The molecule has 0 aliphatic rings. The van der Waals surface area contributed by atoms with Crippen LogP contribution in [-0.2, 0) is 0 Å². The first-order valence-corrected chi connectivity index (χ1v) is 5.20. The first-order chi connectivity index (χ1) is 7.15. The molecule has 0 saturated carbocycles. The van der Waals surface area contributed by atoms with Crippen molar-refractivity contribution in [3.05, 3.63) is 11.3 Å². The SMILES string of the molecule is CCC(O)CCNc1ncnc(N)c1Cl. The Bertz CT molecular complexity index is 321. The van der Waals surface area contributed by atoms with Crippen molar-refractivity contribution in [2.45, 2.75) is 25.9 Å². The maximum Gasteiger partial charge on any atom is 0.150 e. The van der Waals surface area contributed by atoms with Gasteiger partial charge in [0, 0.05) is 6.54 Å². The molecule has 1 atom stereocenters. The standard InChI is InChI=1S/C9H15ClN4O/c1-2-6(15)3-4-12-9-7(10)8(11)13-5-14-9/h5-6,15H,2-4H2,1H3,(H3,11,12,13,14). The third-order valence-corrected chi connectivity index (χ3v) is 2.43. The van der Waals surface area contributed by atoms with E-state index < -0.39 is 0 Å². The molecular weight excluding hydrogens is 216 g/mol. The minimum atomic E-state index is -0.296. The molecule has 1 rings (SSSR count). The molecule has 0 aliphatic carbocycles. The van der Waals surface area contributed by atoms with Gasteiger partial charge >= 0.3 is 0 Å². The van der Waals surface area contributed by atoms with Crippen LogP contribution in [0.3, 0.4) is 0 Å². The van der Waals surface area contributed by atoms with E-state index >= 15 is 0 Å². The highest BCUT2D eigenvalue weighted by Gasteiger charge is 2.06. The maximum atomic E-state index is 9.33. The van der Waals surface area contributed by atoms with E-state index in [0.29, 0.717) is 23.8 Å². The van der Waals surface area contributed by atoms with Gasteiger partial charge in [0.15, 0.2) is 0 Å². The van der Waals surface area contributed by atoms with Crippen molar-refractivity contribution < 1.29 is 5.11 Å². The van der Waals surface area contributed by atoms with Crippen LogP contribution in [0.5, 0.6) is 0 Å². The highest BCUT2D eigenvalue weighted by molar-refractivity contribution is 6.35. The fraction of sp³-hybridized carbons (Fsp3) is 0.556. The van der Waals surface area contributed by atoms with Crippen LogP contribution in [-0.4, -0.2) is 27.7 Å². The van der Waals surface area contributed by atoms with Crippen LogP contribution in [0, 0.1) is 0 Å². The maximum absolute atomic E-state index is 9.33. The summed E-state index contributed by atoms with van der Waals surface area (Å²) in [5, 5.41) is 12.6. The second kappa shape index (κ2) is 5.72. The first-order valence-electron chi connectivity index (χ1n) is 4.83. The van der Waals surface area contributed by atoms with Crippen molar-refractivity contribution in [3.63, 3.8) is 0 Å². The normalized spacial score (nSPS) is 12.5. The molecule has 0 amide bonds. The minimum Gasteiger partial charge on any atom is -0.393 e. The predicted octanol–water partition coefficient (Wildman–Crippen LogP) is 1.29. The quantitative estimate of drug-likeness (QED) is 0.710. The van der Waals surface area contributed by atoms with E-state index in [0.717, 1.165) is 6.42 Å². The molecule has 0 spiro atoms. The molecular formula is C9H15ClN4O. The van der Waals surface area contributed by atoms with Gasteiger partial charge in [0.25, 0.3) is 0 Å². The van der Waals surface area contributed by atoms with Crippen LogP contribution in [0.1, 0.15) is 19.8 Å². The first kappa shape index (κ1) is 12.0. The Morgan fingerprint density at radius 3 is 3.00 bits per heavy atom. The van der Waals surface area contributed by atoms with Crippen LogP contribution >= 0.6 is 11.6 Å². The topological polar surface area (TPSA) is 84.1 Å². The van der Waals surface area contributed by atoms with E-state index in [1.54, 1.807) is 0 Å². The lowest BCUT2D eigenvalue weighted by atomic mass is 10.2. The number of aromatic nitrogens is 2. The molecule has 1 heterocycles. The zero-order chi connectivity index (χ0) is 11.3. The van der Waals surface area contributed by atoms with Gasteiger partial charge in [-0.15, -0.1) is 0 Å². The monoisotopic (exact) mass is 230 g/mol. The minimum absolute atomic E-state index is 0.255. The molecule has 0 aromatic carbocycles. The van der Waals surface area contributed by atoms with Gasteiger partial charge in [0.2, 0.25) is 0 Å². The van der Waals surface area contributed by atoms with Crippen molar-refractivity contribution in [2.24, 2.45) is 0 Å². The summed E-state index contributed by atoms with van der Waals surface area (Å²) in [7, 11) is 0. The average molecular weight is 231 g/mol. The summed E-state index contributed by atoms with van der Waals surface area (Å²) in [6, 6.07) is 0. The van der Waals surface area contributed by atoms with Gasteiger partial charge in [-0.25, -0.2) is 9.97 Å². The van der Waals surface area contributed by atoms with Crippen molar-refractivity contribution in [3.8, 4) is 0 Å². The summed E-state index contributed by atoms with van der Waals surface area (Å²) in [5.41, 5.74) is 5.51. The van der Waals surface area contributed by atoms with Gasteiger partial charge in [-0.3, -0.25) is 0 Å². The molecule has 1 aromatic heterocycles. The van der Waals surface area contributed by atoms with Crippen molar-refractivity contribution >= 4 is 23.2 Å². The van der Waals surface area contributed by atoms with Crippen LogP contribution < -0.4 is 11.1 Å². The summed E-state index contributed by atoms with van der Waals surface area (Å²) >= 11 is 5.87. The van der Waals surface area contributed by atoms with Gasteiger partial charge in [-0.05, 0) is 12.8 Å². The summed E-state index contributed by atoms with van der Waals surface area (Å²) in [6.45, 7) is 2.53. The molecule has 84 valence electrons. The number of hydrogen-bond acceptors (Lipinski definition) is 5. The summed E-state index contributed by atoms with van der Waals surface area (Å²) < 4.78 is 0. The molecule has 6 heteroatoms. The lowest BCUT2D eigenvalue weighted by Crippen LogP contribution is -2.13. The Morgan fingerprint density at radius 1 is 1.60 bits per heavy atom. The van der Waals surface area contributed by atoms with Crippen molar-refractivity contribution in [1.82, 2.24) is 9.97 Å². The summed E-state index contributed by atoms with van der Waals surface area (Å²) in [5.74, 6) is 0.762. The number of rotatable bonds is 5. The highest BCUT2D eigenvalue weighted by atomic mass is 35.5. The Balaban J connectivity index is 2.47. The van der Waals surface area contributed by atoms with Crippen LogP contribution in [0.4, 0.5) is 11.6 Å². The van der Waals surface area contributed by atoms with E-state index in [1.165, 1.54) is 6.33 Å². The number of hydrogen-bond donors (Lipinski definition) is 3. The fourth-order valence-corrected chi connectivity index (χ4v) is 1.23. The van der Waals surface area contributed by atoms with E-state index in [1.807, 2.05) is 6.92 Å². The van der Waals surface area contributed by atoms with Crippen LogP contribution in [0.25, 0.3) is 0 Å². The number of nitrogen functional groups attached to an aromatic ring is 1. The lowest BCUT2D eigenvalue weighted by Gasteiger charge is -2.10. The largest absolute Gasteiger partial charge is 0.393 e. The van der Waals surface area contributed by atoms with E-state index in [2.05, 4.69) is 15.3 Å². The second-order valence-electron chi connectivity index (χ2n) is 3.20. The van der Waals surface area contributed by atoms with Gasteiger partial charge in [-0.2, -0.15) is 0 Å². The third kappa shape index (κ3) is 3.53. The molecule has 1 aromatic rings. The number of nitrogens with zero attached hydrogens (tertiary/aromatic N) is 2. The molecule has 5 nitrogen and oxygen atoms in total. The zero-order valence-electron chi connectivity index (χ0n) is 8.57. The predicted molar refractivity (Wildman–Crippen MR) is 60.9 cm³/mol. The number of anilines is 2. The molecule has 4 N–H and O–H groups in total. The van der Waals surface area contributed by atoms with Gasteiger partial charge < -0.3 is 16.2 Å². The van der Waals surface area contributed by atoms with Crippen molar-refractivity contribution in [1.29, 1.82) is 0 Å². The van der Waals surface area contributed by atoms with Crippen molar-refractivity contribution in [2.75, 3.05) is 17.6 Å². The van der Waals surface area contributed by atoms with E-state index in [-0.39, 0.29) is 11.9 Å². The smallest absolute Gasteiger partial charge is 0.150 e. The molecule has 0 bridgehead atoms. The molecule has 15 heavy (non-hydrogen) atoms. The fourth-order valence-electron chi connectivity index (χ4n) is 1.07. The summed E-state index contributed by atoms with van der Waals surface area (Å²) in [4.78, 5) is 7.69. The zero-order valence-corrected chi connectivity index (χ0v) is 9.33. The second-order valence-corrected chi connectivity index (χ2v) is 3.58. The Hall–Kier alpha value is -1.07. The number of halogens is 1. The van der Waals surface area contributed by atoms with Crippen LogP contribution in [0.15, 0.2) is 6.33 Å². The van der Waals surface area contributed by atoms with E-state index in [9.17, 15) is 5.11 Å². The Labute approximate surface area is 93.7 Å². The third-order valence-electron chi connectivity index (χ3n) is 2.06.